The van der Waals surface area contributed by atoms with E-state index < -0.39 is 17.9 Å². The van der Waals surface area contributed by atoms with E-state index in [1.54, 1.807) is 24.3 Å². The summed E-state index contributed by atoms with van der Waals surface area (Å²) in [6, 6.07) is 12.6. The Hall–Kier alpha value is -3.35. The lowest BCUT2D eigenvalue weighted by molar-refractivity contribution is -0.305. The van der Waals surface area contributed by atoms with E-state index in [4.69, 9.17) is 14.2 Å². The van der Waals surface area contributed by atoms with E-state index in [-0.39, 0.29) is 12.8 Å². The van der Waals surface area contributed by atoms with Crippen LogP contribution >= 0.6 is 0 Å². The van der Waals surface area contributed by atoms with Gasteiger partial charge in [0.1, 0.15) is 17.2 Å². The molecular formula is C20H19O7-. The second kappa shape index (κ2) is 9.96. The van der Waals surface area contributed by atoms with Crippen molar-refractivity contribution in [2.24, 2.45) is 0 Å². The Balaban J connectivity index is 1.82. The van der Waals surface area contributed by atoms with E-state index in [1.807, 2.05) is 0 Å². The maximum Gasteiger partial charge on any atom is 0.343 e. The van der Waals surface area contributed by atoms with Gasteiger partial charge in [-0.1, -0.05) is 0 Å². The van der Waals surface area contributed by atoms with Crippen molar-refractivity contribution in [3.8, 4) is 17.2 Å². The molecule has 0 saturated heterocycles. The molecule has 7 nitrogen and oxygen atoms in total. The zero-order valence-electron chi connectivity index (χ0n) is 14.8. The summed E-state index contributed by atoms with van der Waals surface area (Å²) < 4.78 is 15.4. The number of carboxylic acids is 1. The molecule has 2 aromatic carbocycles. The van der Waals surface area contributed by atoms with Crippen LogP contribution in [0, 0.1) is 0 Å². The van der Waals surface area contributed by atoms with Gasteiger partial charge in [0, 0.05) is 12.4 Å². The predicted molar refractivity (Wildman–Crippen MR) is 93.5 cm³/mol. The molecule has 0 heterocycles. The van der Waals surface area contributed by atoms with Gasteiger partial charge in [0.25, 0.3) is 0 Å². The number of esters is 2. The SMILES string of the molecule is COc1ccc(C(=O)Oc2ccc(OC(=O)CCCCC(=O)[O-])cc2)cc1. The molecule has 0 aliphatic rings. The van der Waals surface area contributed by atoms with Gasteiger partial charge in [-0.3, -0.25) is 4.79 Å². The molecule has 0 fully saturated rings. The Kier molecular flexibility index (Phi) is 7.37. The molecule has 0 N–H and O–H groups in total. The van der Waals surface area contributed by atoms with Crippen LogP contribution in [0.4, 0.5) is 0 Å². The number of carbonyl (C=O) groups excluding carboxylic acids is 3. The van der Waals surface area contributed by atoms with E-state index in [9.17, 15) is 19.5 Å². The van der Waals surface area contributed by atoms with Crippen molar-refractivity contribution in [2.75, 3.05) is 7.11 Å². The zero-order chi connectivity index (χ0) is 19.6. The minimum Gasteiger partial charge on any atom is -0.550 e. The number of ether oxygens (including phenoxy) is 3. The molecule has 0 unspecified atom stereocenters. The first-order valence-electron chi connectivity index (χ1n) is 8.35. The van der Waals surface area contributed by atoms with Crippen LogP contribution in [0.5, 0.6) is 17.2 Å². The minimum absolute atomic E-state index is 0.0818. The molecule has 2 aromatic rings. The number of hydrogen-bond acceptors (Lipinski definition) is 7. The van der Waals surface area contributed by atoms with Gasteiger partial charge in [-0.25, -0.2) is 4.79 Å². The fourth-order valence-electron chi connectivity index (χ4n) is 2.19. The van der Waals surface area contributed by atoms with E-state index in [0.29, 0.717) is 35.7 Å². The maximum atomic E-state index is 12.1. The Morgan fingerprint density at radius 3 is 1.85 bits per heavy atom. The fraction of sp³-hybridized carbons (Fsp3) is 0.250. The first-order valence-corrected chi connectivity index (χ1v) is 8.35. The summed E-state index contributed by atoms with van der Waals surface area (Å²) in [6.45, 7) is 0. The number of methoxy groups -OCH3 is 1. The van der Waals surface area contributed by atoms with Gasteiger partial charge in [-0.2, -0.15) is 0 Å². The lowest BCUT2D eigenvalue weighted by Crippen LogP contribution is -2.21. The summed E-state index contributed by atoms with van der Waals surface area (Å²) in [6.07, 6.45) is 0.797. The van der Waals surface area contributed by atoms with Gasteiger partial charge in [0.05, 0.1) is 12.7 Å². The third-order valence-electron chi connectivity index (χ3n) is 3.60. The highest BCUT2D eigenvalue weighted by Crippen LogP contribution is 2.20. The second-order valence-electron chi connectivity index (χ2n) is 5.64. The lowest BCUT2D eigenvalue weighted by atomic mass is 10.2. The first-order chi connectivity index (χ1) is 13.0. The van der Waals surface area contributed by atoms with Crippen molar-refractivity contribution in [3.63, 3.8) is 0 Å². The summed E-state index contributed by atoms with van der Waals surface area (Å²) >= 11 is 0. The van der Waals surface area contributed by atoms with Crippen molar-refractivity contribution in [1.29, 1.82) is 0 Å². The summed E-state index contributed by atoms with van der Waals surface area (Å²) in [5.74, 6) is -0.860. The van der Waals surface area contributed by atoms with Crippen LogP contribution in [-0.2, 0) is 9.59 Å². The van der Waals surface area contributed by atoms with Crippen molar-refractivity contribution >= 4 is 17.9 Å². The Morgan fingerprint density at radius 1 is 0.778 bits per heavy atom. The summed E-state index contributed by atoms with van der Waals surface area (Å²) in [5, 5.41) is 10.3. The molecule has 7 heteroatoms. The van der Waals surface area contributed by atoms with Crippen molar-refractivity contribution < 1.29 is 33.7 Å². The normalized spacial score (nSPS) is 10.1. The van der Waals surface area contributed by atoms with Crippen LogP contribution in [0.2, 0.25) is 0 Å². The zero-order valence-corrected chi connectivity index (χ0v) is 14.8. The predicted octanol–water partition coefficient (Wildman–Crippen LogP) is 2.13. The molecule has 0 saturated carbocycles. The van der Waals surface area contributed by atoms with Crippen LogP contribution in [0.15, 0.2) is 48.5 Å². The van der Waals surface area contributed by atoms with Gasteiger partial charge < -0.3 is 24.1 Å². The Bertz CT molecular complexity index is 779. The van der Waals surface area contributed by atoms with Gasteiger partial charge in [-0.15, -0.1) is 0 Å². The standard InChI is InChI=1S/C20H20O7/c1-25-15-8-6-14(7-9-15)20(24)27-17-12-10-16(11-13-17)26-19(23)5-3-2-4-18(21)22/h6-13H,2-5H2,1H3,(H,21,22)/p-1. The van der Waals surface area contributed by atoms with Gasteiger partial charge in [-0.05, 0) is 67.8 Å². The molecule has 0 radical (unpaired) electrons. The highest BCUT2D eigenvalue weighted by Gasteiger charge is 2.10. The lowest BCUT2D eigenvalue weighted by Gasteiger charge is -2.07. The van der Waals surface area contributed by atoms with Crippen molar-refractivity contribution in [1.82, 2.24) is 0 Å². The third-order valence-corrected chi connectivity index (χ3v) is 3.60. The van der Waals surface area contributed by atoms with Crippen LogP contribution in [0.1, 0.15) is 36.0 Å². The Labute approximate surface area is 156 Å². The molecule has 142 valence electrons. The number of aliphatic carboxylic acids is 1. The molecule has 0 amide bonds. The first kappa shape index (κ1) is 20.0. The van der Waals surface area contributed by atoms with Crippen LogP contribution in [0.3, 0.4) is 0 Å². The molecule has 0 aliphatic heterocycles. The molecule has 27 heavy (non-hydrogen) atoms. The van der Waals surface area contributed by atoms with E-state index >= 15 is 0 Å². The van der Waals surface area contributed by atoms with Crippen LogP contribution in [0.25, 0.3) is 0 Å². The maximum absolute atomic E-state index is 12.1. The highest BCUT2D eigenvalue weighted by molar-refractivity contribution is 5.91. The third kappa shape index (κ3) is 6.81. The van der Waals surface area contributed by atoms with Crippen molar-refractivity contribution in [3.05, 3.63) is 54.1 Å². The number of rotatable bonds is 9. The van der Waals surface area contributed by atoms with Gasteiger partial charge in [0.2, 0.25) is 0 Å². The minimum atomic E-state index is -1.14. The van der Waals surface area contributed by atoms with Crippen LogP contribution < -0.4 is 19.3 Å². The van der Waals surface area contributed by atoms with E-state index in [0.717, 1.165) is 0 Å². The molecule has 2 rings (SSSR count). The molecule has 0 bridgehead atoms. The smallest absolute Gasteiger partial charge is 0.343 e. The number of benzene rings is 2. The van der Waals surface area contributed by atoms with Gasteiger partial charge >= 0.3 is 11.9 Å². The quantitative estimate of drug-likeness (QED) is 0.378. The molecule has 0 atom stereocenters. The average Bonchev–Trinajstić information content (AvgIpc) is 2.66. The molecule has 0 spiro atoms. The topological polar surface area (TPSA) is 102 Å². The number of carboxylic acid groups (broad SMARTS) is 1. The highest BCUT2D eigenvalue weighted by atomic mass is 16.5. The van der Waals surface area contributed by atoms with E-state index in [1.165, 1.54) is 31.4 Å². The number of carbonyl (C=O) groups is 3. The summed E-state index contributed by atoms with van der Waals surface area (Å²) in [5.41, 5.74) is 0.378. The van der Waals surface area contributed by atoms with Crippen LogP contribution in [-0.4, -0.2) is 25.0 Å². The molecule has 0 aliphatic carbocycles. The second-order valence-corrected chi connectivity index (χ2v) is 5.64. The summed E-state index contributed by atoms with van der Waals surface area (Å²) in [7, 11) is 1.54. The monoisotopic (exact) mass is 371 g/mol. The van der Waals surface area contributed by atoms with Gasteiger partial charge in [0.15, 0.2) is 0 Å². The fourth-order valence-corrected chi connectivity index (χ4v) is 2.19. The Morgan fingerprint density at radius 2 is 1.30 bits per heavy atom. The average molecular weight is 371 g/mol. The van der Waals surface area contributed by atoms with E-state index in [2.05, 4.69) is 0 Å². The molecule has 0 aromatic heterocycles. The largest absolute Gasteiger partial charge is 0.550 e. The number of unbranched alkanes of at least 4 members (excludes halogenated alkanes) is 1. The number of hydrogen-bond donors (Lipinski definition) is 0. The van der Waals surface area contributed by atoms with Crippen molar-refractivity contribution in [2.45, 2.75) is 25.7 Å². The molecular weight excluding hydrogens is 352 g/mol. The summed E-state index contributed by atoms with van der Waals surface area (Å²) in [4.78, 5) is 34.0.